The van der Waals surface area contributed by atoms with Crippen LogP contribution in [0.1, 0.15) is 43.0 Å². The van der Waals surface area contributed by atoms with Gasteiger partial charge in [0.25, 0.3) is 0 Å². The molecule has 3 rings (SSSR count). The lowest BCUT2D eigenvalue weighted by atomic mass is 9.96. The van der Waals surface area contributed by atoms with Crippen LogP contribution in [0.3, 0.4) is 0 Å². The molecule has 0 amide bonds. The number of rotatable bonds is 5. The highest BCUT2D eigenvalue weighted by molar-refractivity contribution is 7.93. The molecule has 0 fully saturated rings. The topological polar surface area (TPSA) is 37.4 Å². The summed E-state index contributed by atoms with van der Waals surface area (Å²) in [5.41, 5.74) is 3.26. The van der Waals surface area contributed by atoms with E-state index in [9.17, 15) is 8.42 Å². The van der Waals surface area contributed by atoms with Crippen molar-refractivity contribution in [3.8, 4) is 0 Å². The molecule has 1 unspecified atom stereocenters. The molecule has 0 heterocycles. The number of hydrogen-bond donors (Lipinski definition) is 0. The molecule has 25 heavy (non-hydrogen) atoms. The van der Waals surface area contributed by atoms with E-state index in [0.717, 1.165) is 17.5 Å². The largest absolute Gasteiger partial charge is 0.239 e. The smallest absolute Gasteiger partial charge is 0.207 e. The van der Waals surface area contributed by atoms with Crippen LogP contribution in [0.5, 0.6) is 0 Å². The summed E-state index contributed by atoms with van der Waals surface area (Å²) in [4.78, 5) is 0.510. The van der Waals surface area contributed by atoms with E-state index in [1.54, 1.807) is 11.4 Å². The summed E-state index contributed by atoms with van der Waals surface area (Å²) < 4.78 is 28.1. The van der Waals surface area contributed by atoms with Gasteiger partial charge in [0, 0.05) is 7.05 Å². The molecule has 3 nitrogen and oxygen atoms in total. The van der Waals surface area contributed by atoms with Crippen LogP contribution in [0.4, 0.5) is 0 Å². The molecular formula is C21H25NO2S. The normalized spacial score (nSPS) is 15.8. The van der Waals surface area contributed by atoms with Crippen LogP contribution >= 0.6 is 0 Å². The highest BCUT2D eigenvalue weighted by atomic mass is 32.2. The first-order valence-corrected chi connectivity index (χ1v) is 10.2. The van der Waals surface area contributed by atoms with Gasteiger partial charge in [0.15, 0.2) is 0 Å². The van der Waals surface area contributed by atoms with Gasteiger partial charge >= 0.3 is 0 Å². The minimum atomic E-state index is -3.50. The minimum absolute atomic E-state index is 0.177. The number of aryl methyl sites for hydroxylation is 1. The minimum Gasteiger partial charge on any atom is -0.207 e. The zero-order chi connectivity index (χ0) is 18.0. The van der Waals surface area contributed by atoms with Gasteiger partial charge in [0.2, 0.25) is 10.0 Å². The SMILES string of the molecule is CC(C)C(c1ccccc1)N(C)S(=O)(=O)C1=Cc2ccccc2CC1. The predicted molar refractivity (Wildman–Crippen MR) is 103 cm³/mol. The highest BCUT2D eigenvalue weighted by Gasteiger charge is 2.33. The molecule has 0 spiro atoms. The third kappa shape index (κ3) is 3.55. The van der Waals surface area contributed by atoms with E-state index in [-0.39, 0.29) is 12.0 Å². The summed E-state index contributed by atoms with van der Waals surface area (Å²) in [6.07, 6.45) is 3.17. The van der Waals surface area contributed by atoms with Crippen LogP contribution in [0.25, 0.3) is 6.08 Å². The Morgan fingerprint density at radius 1 is 0.920 bits per heavy atom. The lowest BCUT2D eigenvalue weighted by Crippen LogP contribution is -2.35. The van der Waals surface area contributed by atoms with Crippen molar-refractivity contribution in [2.45, 2.75) is 32.7 Å². The zero-order valence-corrected chi connectivity index (χ0v) is 15.8. The standard InChI is InChI=1S/C21H25NO2S/c1-16(2)21(18-10-5-4-6-11-18)22(3)25(23,24)20-14-13-17-9-7-8-12-19(17)15-20/h4-12,15-16,21H,13-14H2,1-3H3. The van der Waals surface area contributed by atoms with Gasteiger partial charge in [-0.1, -0.05) is 68.4 Å². The summed E-state index contributed by atoms with van der Waals surface area (Å²) in [6, 6.07) is 17.7. The molecule has 0 saturated heterocycles. The lowest BCUT2D eigenvalue weighted by molar-refractivity contribution is 0.302. The Morgan fingerprint density at radius 3 is 2.24 bits per heavy atom. The second-order valence-electron chi connectivity index (χ2n) is 6.93. The Hall–Kier alpha value is -1.91. The monoisotopic (exact) mass is 355 g/mol. The molecule has 0 radical (unpaired) electrons. The van der Waals surface area contributed by atoms with Crippen LogP contribution in [0.2, 0.25) is 0 Å². The van der Waals surface area contributed by atoms with Gasteiger partial charge < -0.3 is 0 Å². The maximum atomic E-state index is 13.3. The van der Waals surface area contributed by atoms with Crippen LogP contribution in [-0.2, 0) is 16.4 Å². The summed E-state index contributed by atoms with van der Waals surface area (Å²) in [5.74, 6) is 0.179. The number of sulfonamides is 1. The maximum Gasteiger partial charge on any atom is 0.239 e. The van der Waals surface area contributed by atoms with Gasteiger partial charge in [0.1, 0.15) is 0 Å². The van der Waals surface area contributed by atoms with E-state index in [1.165, 1.54) is 5.56 Å². The molecule has 1 aliphatic rings. The van der Waals surface area contributed by atoms with Crippen LogP contribution < -0.4 is 0 Å². The molecule has 1 atom stereocenters. The first-order valence-electron chi connectivity index (χ1n) is 8.72. The van der Waals surface area contributed by atoms with Crippen molar-refractivity contribution in [1.82, 2.24) is 4.31 Å². The maximum absolute atomic E-state index is 13.3. The molecule has 2 aromatic rings. The number of fused-ring (bicyclic) bond motifs is 1. The molecular weight excluding hydrogens is 330 g/mol. The van der Waals surface area contributed by atoms with E-state index >= 15 is 0 Å². The van der Waals surface area contributed by atoms with Gasteiger partial charge in [-0.3, -0.25) is 0 Å². The van der Waals surface area contributed by atoms with E-state index in [4.69, 9.17) is 0 Å². The van der Waals surface area contributed by atoms with Crippen molar-refractivity contribution in [3.63, 3.8) is 0 Å². The van der Waals surface area contributed by atoms with Gasteiger partial charge in [-0.25, -0.2) is 8.42 Å². The fraction of sp³-hybridized carbons (Fsp3) is 0.333. The molecule has 0 aromatic heterocycles. The van der Waals surface area contributed by atoms with Crippen molar-refractivity contribution in [2.24, 2.45) is 5.92 Å². The molecule has 0 bridgehead atoms. The van der Waals surface area contributed by atoms with Crippen molar-refractivity contribution < 1.29 is 8.42 Å². The van der Waals surface area contributed by atoms with E-state index in [1.807, 2.05) is 54.6 Å². The third-order valence-electron chi connectivity index (χ3n) is 4.89. The Morgan fingerprint density at radius 2 is 1.56 bits per heavy atom. The second kappa shape index (κ2) is 7.14. The quantitative estimate of drug-likeness (QED) is 0.784. The summed E-state index contributed by atoms with van der Waals surface area (Å²) in [6.45, 7) is 4.13. The van der Waals surface area contributed by atoms with E-state index in [2.05, 4.69) is 19.9 Å². The van der Waals surface area contributed by atoms with Crippen molar-refractivity contribution in [1.29, 1.82) is 0 Å². The van der Waals surface area contributed by atoms with Crippen LogP contribution in [0.15, 0.2) is 59.5 Å². The third-order valence-corrected chi connectivity index (χ3v) is 6.86. The number of allylic oxidation sites excluding steroid dienone is 1. The van der Waals surface area contributed by atoms with Crippen molar-refractivity contribution in [2.75, 3.05) is 7.05 Å². The number of hydrogen-bond acceptors (Lipinski definition) is 2. The Balaban J connectivity index is 1.98. The molecule has 132 valence electrons. The van der Waals surface area contributed by atoms with E-state index < -0.39 is 10.0 Å². The first kappa shape index (κ1) is 17.9. The fourth-order valence-corrected chi connectivity index (χ4v) is 5.28. The average molecular weight is 356 g/mol. The molecule has 0 N–H and O–H groups in total. The van der Waals surface area contributed by atoms with Crippen molar-refractivity contribution >= 4 is 16.1 Å². The first-order chi connectivity index (χ1) is 11.9. The van der Waals surface area contributed by atoms with Crippen LogP contribution in [-0.4, -0.2) is 19.8 Å². The second-order valence-corrected chi connectivity index (χ2v) is 8.98. The highest BCUT2D eigenvalue weighted by Crippen LogP contribution is 2.35. The Bertz CT molecular complexity index is 870. The molecule has 2 aromatic carbocycles. The Labute approximate surface area is 151 Å². The van der Waals surface area contributed by atoms with Gasteiger partial charge in [-0.15, -0.1) is 0 Å². The summed E-state index contributed by atoms with van der Waals surface area (Å²) >= 11 is 0. The predicted octanol–water partition coefficient (Wildman–Crippen LogP) is 4.63. The molecule has 0 saturated carbocycles. The zero-order valence-electron chi connectivity index (χ0n) is 15.0. The fourth-order valence-electron chi connectivity index (χ4n) is 3.61. The lowest BCUT2D eigenvalue weighted by Gasteiger charge is -2.32. The number of benzene rings is 2. The van der Waals surface area contributed by atoms with E-state index in [0.29, 0.717) is 11.3 Å². The summed E-state index contributed by atoms with van der Waals surface area (Å²) in [7, 11) is -1.80. The van der Waals surface area contributed by atoms with Crippen molar-refractivity contribution in [3.05, 3.63) is 76.2 Å². The number of nitrogens with zero attached hydrogens (tertiary/aromatic N) is 1. The van der Waals surface area contributed by atoms with Gasteiger partial charge in [-0.2, -0.15) is 4.31 Å². The summed E-state index contributed by atoms with van der Waals surface area (Å²) in [5, 5.41) is 0. The molecule has 4 heteroatoms. The average Bonchev–Trinajstić information content (AvgIpc) is 2.62. The Kier molecular flexibility index (Phi) is 5.11. The van der Waals surface area contributed by atoms with Crippen LogP contribution in [0, 0.1) is 5.92 Å². The van der Waals surface area contributed by atoms with Gasteiger partial charge in [0.05, 0.1) is 10.9 Å². The van der Waals surface area contributed by atoms with Gasteiger partial charge in [-0.05, 0) is 41.5 Å². The molecule has 0 aliphatic heterocycles. The molecule has 1 aliphatic carbocycles.